The summed E-state index contributed by atoms with van der Waals surface area (Å²) in [5, 5.41) is 95.5. The summed E-state index contributed by atoms with van der Waals surface area (Å²) in [6.45, 7) is 16.9. The third-order valence-electron chi connectivity index (χ3n) is 19.7. The summed E-state index contributed by atoms with van der Waals surface area (Å²) in [6.07, 6.45) is -10.9. The van der Waals surface area contributed by atoms with Gasteiger partial charge in [0.05, 0.1) is 31.3 Å². The molecule has 8 rings (SSSR count). The average Bonchev–Trinajstić information content (AvgIpc) is 3.57. The van der Waals surface area contributed by atoms with E-state index in [1.807, 2.05) is 6.92 Å². The van der Waals surface area contributed by atoms with Crippen molar-refractivity contribution < 1.29 is 88.7 Å². The van der Waals surface area contributed by atoms with Crippen molar-refractivity contribution in [3.05, 3.63) is 11.6 Å². The van der Waals surface area contributed by atoms with E-state index >= 15 is 0 Å². The van der Waals surface area contributed by atoms with Crippen LogP contribution < -0.4 is 0 Å². The van der Waals surface area contributed by atoms with E-state index in [-0.39, 0.29) is 46.0 Å². The van der Waals surface area contributed by atoms with E-state index in [2.05, 4.69) is 54.5 Å². The van der Waals surface area contributed by atoms with Crippen LogP contribution in [0.5, 0.6) is 0 Å². The molecule has 0 aromatic rings. The van der Waals surface area contributed by atoms with Crippen LogP contribution in [0, 0.1) is 50.2 Å². The largest absolute Gasteiger partial charge is 0.464 e. The maximum absolute atomic E-state index is 14.7. The zero-order valence-electron chi connectivity index (χ0n) is 41.8. The Hall–Kier alpha value is -1.88. The van der Waals surface area contributed by atoms with Gasteiger partial charge in [0.1, 0.15) is 61.0 Å². The van der Waals surface area contributed by atoms with Gasteiger partial charge in [0.15, 0.2) is 18.7 Å². The first-order chi connectivity index (χ1) is 32.4. The van der Waals surface area contributed by atoms with Gasteiger partial charge in [-0.25, -0.2) is 4.79 Å². The van der Waals surface area contributed by atoms with Crippen LogP contribution in [0.1, 0.15) is 132 Å². The van der Waals surface area contributed by atoms with Gasteiger partial charge in [0, 0.05) is 0 Å². The van der Waals surface area contributed by atoms with Crippen molar-refractivity contribution in [2.24, 2.45) is 50.2 Å². The number of hydrogen-bond donors (Lipinski definition) is 9. The molecule has 3 heterocycles. The number of hydrogen-bond acceptors (Lipinski definition) is 18. The van der Waals surface area contributed by atoms with Crippen LogP contribution >= 0.6 is 0 Å². The second-order valence-corrected chi connectivity index (χ2v) is 24.2. The molecule has 9 N–H and O–H groups in total. The fraction of sp³-hybridized carbons (Fsp3) is 0.922. The van der Waals surface area contributed by atoms with Gasteiger partial charge in [-0.15, -0.1) is 0 Å². The van der Waals surface area contributed by atoms with Crippen LogP contribution in [0.4, 0.5) is 0 Å². The Morgan fingerprint density at radius 1 is 0.681 bits per heavy atom. The molecule has 4 saturated carbocycles. The molecule has 0 aromatic heterocycles. The molecule has 18 heteroatoms. The highest BCUT2D eigenvalue weighted by atomic mass is 16.8. The zero-order valence-corrected chi connectivity index (χ0v) is 41.8. The Bertz CT molecular complexity index is 1890. The number of carbonyl (C=O) groups is 2. The Labute approximate surface area is 406 Å². The third-order valence-corrected chi connectivity index (χ3v) is 19.7. The van der Waals surface area contributed by atoms with Crippen LogP contribution in [0.3, 0.4) is 0 Å². The molecule has 18 nitrogen and oxygen atoms in total. The van der Waals surface area contributed by atoms with Gasteiger partial charge in [-0.1, -0.05) is 73.5 Å². The third kappa shape index (κ3) is 8.76. The number of carbonyl (C=O) groups excluding carboxylic acids is 2. The molecule has 7 fully saturated rings. The summed E-state index contributed by atoms with van der Waals surface area (Å²) in [4.78, 5) is 28.3. The van der Waals surface area contributed by atoms with Crippen LogP contribution in [0.2, 0.25) is 0 Å². The van der Waals surface area contributed by atoms with E-state index in [1.54, 1.807) is 0 Å². The number of unbranched alkanes of at least 4 members (excludes halogenated alkanes) is 1. The molecule has 0 radical (unpaired) electrons. The highest BCUT2D eigenvalue weighted by Gasteiger charge is 2.70. The molecule has 8 aliphatic rings. The van der Waals surface area contributed by atoms with Crippen LogP contribution in [0.15, 0.2) is 11.6 Å². The number of allylic oxidation sites excluding steroid dienone is 2. The number of aliphatic hydroxyl groups is 9. The standard InChI is InChI=1S/C51H82O18/c1-9-10-21-63-41(61)40-39(67-42-36(58)33(55)28(24-53)64-42)35(57)38(60)44(68-40)66-31-14-15-48(6)29(47(31,4)5)13-16-50(8)30(48)12-11-25-26-22-46(2,3)17-19-51(26,20-18-49(25,50)7)45(62)69-43-37(59)34(56)32(54)27(23-52)65-43/h11,26-40,42-44,52-60H,9-10,12-24H2,1-8H3/t26-,27+,28+,29-,30+,31-,32+,33+,34-,35+,36-,37+,38+,39-,40-,42-,43-,44+,48-,49+,50+,51-/m0/s1. The lowest BCUT2D eigenvalue weighted by Gasteiger charge is -2.71. The zero-order chi connectivity index (χ0) is 50.4. The Morgan fingerprint density at radius 2 is 1.29 bits per heavy atom. The van der Waals surface area contributed by atoms with Crippen LogP contribution in [-0.4, -0.2) is 170 Å². The van der Waals surface area contributed by atoms with E-state index in [1.165, 1.54) is 5.57 Å². The predicted molar refractivity (Wildman–Crippen MR) is 243 cm³/mol. The number of fused-ring (bicyclic) bond motifs is 7. The fourth-order valence-electron chi connectivity index (χ4n) is 15.2. The van der Waals surface area contributed by atoms with Crippen molar-refractivity contribution in [3.8, 4) is 0 Å². The second kappa shape index (κ2) is 19.4. The van der Waals surface area contributed by atoms with Crippen molar-refractivity contribution in [2.75, 3.05) is 19.8 Å². The Kier molecular flexibility index (Phi) is 15.0. The number of esters is 2. The van der Waals surface area contributed by atoms with E-state index in [9.17, 15) is 55.5 Å². The molecule has 22 atom stereocenters. The highest BCUT2D eigenvalue weighted by Crippen LogP contribution is 2.76. The Balaban J connectivity index is 1.02. The Morgan fingerprint density at radius 3 is 1.96 bits per heavy atom. The molecule has 0 spiro atoms. The van der Waals surface area contributed by atoms with Gasteiger partial charge in [-0.3, -0.25) is 4.79 Å². The van der Waals surface area contributed by atoms with Crippen LogP contribution in [0.25, 0.3) is 0 Å². The first-order valence-electron chi connectivity index (χ1n) is 25.7. The topological polar surface area (TPSA) is 281 Å². The summed E-state index contributed by atoms with van der Waals surface area (Å²) in [6, 6.07) is 0. The quantitative estimate of drug-likeness (QED) is 0.0586. The summed E-state index contributed by atoms with van der Waals surface area (Å²) in [5.41, 5.74) is -0.714. The normalized spacial score (nSPS) is 50.1. The number of ether oxygens (including phenoxy) is 7. The van der Waals surface area contributed by atoms with Gasteiger partial charge >= 0.3 is 11.9 Å². The van der Waals surface area contributed by atoms with Crippen molar-refractivity contribution in [2.45, 2.75) is 225 Å². The second-order valence-electron chi connectivity index (χ2n) is 24.2. The monoisotopic (exact) mass is 983 g/mol. The van der Waals surface area contributed by atoms with Crippen molar-refractivity contribution >= 4 is 11.9 Å². The molecule has 3 aliphatic heterocycles. The van der Waals surface area contributed by atoms with Crippen molar-refractivity contribution in [3.63, 3.8) is 0 Å². The van der Waals surface area contributed by atoms with Gasteiger partial charge < -0.3 is 79.1 Å². The summed E-state index contributed by atoms with van der Waals surface area (Å²) in [5.74, 6) is -1.07. The lowest BCUT2D eigenvalue weighted by atomic mass is 9.33. The minimum atomic E-state index is -1.76. The lowest BCUT2D eigenvalue weighted by Crippen LogP contribution is -2.66. The fourth-order valence-corrected chi connectivity index (χ4v) is 15.2. The minimum Gasteiger partial charge on any atom is -0.464 e. The minimum absolute atomic E-state index is 0.0597. The van der Waals surface area contributed by atoms with Crippen molar-refractivity contribution in [1.29, 1.82) is 0 Å². The molecular weight excluding hydrogens is 901 g/mol. The molecule has 0 unspecified atom stereocenters. The van der Waals surface area contributed by atoms with Crippen LogP contribution in [-0.2, 0) is 42.7 Å². The van der Waals surface area contributed by atoms with E-state index in [0.717, 1.165) is 51.4 Å². The molecule has 0 amide bonds. The predicted octanol–water partition coefficient (Wildman–Crippen LogP) is 2.13. The van der Waals surface area contributed by atoms with Crippen molar-refractivity contribution in [1.82, 2.24) is 0 Å². The molecule has 69 heavy (non-hydrogen) atoms. The van der Waals surface area contributed by atoms with E-state index < -0.39 is 128 Å². The molecule has 0 aromatic carbocycles. The highest BCUT2D eigenvalue weighted by molar-refractivity contribution is 5.79. The molecule has 5 aliphatic carbocycles. The molecular formula is C51H82O18. The maximum atomic E-state index is 14.7. The molecule has 3 saturated heterocycles. The average molecular weight is 983 g/mol. The van der Waals surface area contributed by atoms with Gasteiger partial charge in [0.2, 0.25) is 6.29 Å². The SMILES string of the molecule is CCCCOC(=O)[C@H]1O[C@@H](O[C@H]2CC[C@]3(C)[C@H]4CC=C5[C@@H]6CC(C)(C)CC[C@]6(C(=O)O[C@@H]6O[C@H](CO)[C@@H](O)[C@H](O)[C@H]6O)CC[C@@]5(C)[C@]4(C)CC[C@H]3C2(C)C)[C@H](O)[C@@H](O)[C@@H]1O[C@@H]1O[C@H](CO)[C@@H](O)[C@@H]1O. The van der Waals surface area contributed by atoms with Gasteiger partial charge in [-0.05, 0) is 115 Å². The number of aliphatic hydroxyl groups excluding tert-OH is 9. The van der Waals surface area contributed by atoms with E-state index in [4.69, 9.17) is 33.2 Å². The first-order valence-corrected chi connectivity index (χ1v) is 25.7. The summed E-state index contributed by atoms with van der Waals surface area (Å²) >= 11 is 0. The summed E-state index contributed by atoms with van der Waals surface area (Å²) < 4.78 is 41.5. The number of rotatable bonds is 12. The smallest absolute Gasteiger partial charge is 0.338 e. The first kappa shape index (κ1) is 53.4. The van der Waals surface area contributed by atoms with Gasteiger partial charge in [0.25, 0.3) is 0 Å². The van der Waals surface area contributed by atoms with Gasteiger partial charge in [-0.2, -0.15) is 0 Å². The molecule has 0 bridgehead atoms. The lowest BCUT2D eigenvalue weighted by molar-refractivity contribution is -0.342. The van der Waals surface area contributed by atoms with E-state index in [0.29, 0.717) is 25.7 Å². The maximum Gasteiger partial charge on any atom is 0.338 e. The summed E-state index contributed by atoms with van der Waals surface area (Å²) in [7, 11) is 0. The molecule has 394 valence electrons.